The molecule has 1 fully saturated rings. The number of likely N-dealkylation sites (tertiary alicyclic amines) is 1. The first-order chi connectivity index (χ1) is 16.5. The van der Waals surface area contributed by atoms with Crippen LogP contribution in [-0.2, 0) is 6.54 Å². The molecule has 34 heavy (non-hydrogen) atoms. The van der Waals surface area contributed by atoms with E-state index in [2.05, 4.69) is 127 Å². The monoisotopic (exact) mass is 449 g/mol. The summed E-state index contributed by atoms with van der Waals surface area (Å²) in [6.07, 6.45) is 3.45. The quantitative estimate of drug-likeness (QED) is 0.311. The van der Waals surface area contributed by atoms with E-state index in [0.717, 1.165) is 25.3 Å². The first kappa shape index (κ1) is 22.6. The van der Waals surface area contributed by atoms with Crippen LogP contribution in [0.3, 0.4) is 0 Å². The lowest BCUT2D eigenvalue weighted by Crippen LogP contribution is -2.37. The van der Waals surface area contributed by atoms with Crippen LogP contribution in [0.25, 0.3) is 11.3 Å². The third kappa shape index (κ3) is 4.85. The second-order valence-corrected chi connectivity index (χ2v) is 10.6. The van der Waals surface area contributed by atoms with Crippen molar-refractivity contribution in [2.75, 3.05) is 13.1 Å². The molecule has 0 N–H and O–H groups in total. The van der Waals surface area contributed by atoms with Crippen LogP contribution in [0, 0.1) is 5.41 Å². The lowest BCUT2D eigenvalue weighted by Gasteiger charge is -2.38. The molecule has 1 aliphatic heterocycles. The fourth-order valence-electron chi connectivity index (χ4n) is 5.42. The van der Waals surface area contributed by atoms with Crippen LogP contribution in [0.2, 0.25) is 0 Å². The first-order valence-corrected chi connectivity index (χ1v) is 12.4. The summed E-state index contributed by atoms with van der Waals surface area (Å²) in [7, 11) is 0. The molecule has 0 saturated carbocycles. The van der Waals surface area contributed by atoms with Crippen molar-refractivity contribution in [3.05, 3.63) is 114 Å². The highest BCUT2D eigenvalue weighted by Gasteiger charge is 2.39. The van der Waals surface area contributed by atoms with Gasteiger partial charge in [-0.3, -0.25) is 4.90 Å². The minimum atomic E-state index is 0.0549. The average molecular weight is 450 g/mol. The van der Waals surface area contributed by atoms with Crippen molar-refractivity contribution in [1.29, 1.82) is 0 Å². The molecule has 0 aliphatic carbocycles. The van der Waals surface area contributed by atoms with Crippen molar-refractivity contribution in [2.24, 2.45) is 5.41 Å². The highest BCUT2D eigenvalue weighted by atomic mass is 15.2. The molecular weight excluding hydrogens is 414 g/mol. The molecule has 0 spiro atoms. The largest absolute Gasteiger partial charge is 0.329 e. The van der Waals surface area contributed by atoms with Gasteiger partial charge in [0.05, 0.1) is 11.7 Å². The van der Waals surface area contributed by atoms with Gasteiger partial charge in [0, 0.05) is 24.8 Å². The Labute approximate surface area is 204 Å². The van der Waals surface area contributed by atoms with Crippen LogP contribution in [0.4, 0.5) is 0 Å². The van der Waals surface area contributed by atoms with Crippen LogP contribution < -0.4 is 0 Å². The van der Waals surface area contributed by atoms with E-state index in [0.29, 0.717) is 5.92 Å². The number of benzene rings is 3. The van der Waals surface area contributed by atoms with E-state index in [1.807, 2.05) is 0 Å². The Balaban J connectivity index is 1.53. The number of nitrogens with zero attached hydrogens (tertiary/aromatic N) is 3. The predicted molar refractivity (Wildman–Crippen MR) is 141 cm³/mol. The molecule has 3 heteroatoms. The Morgan fingerprint density at radius 3 is 2.12 bits per heavy atom. The summed E-state index contributed by atoms with van der Waals surface area (Å²) in [5.74, 6) is 1.75. The van der Waals surface area contributed by atoms with Gasteiger partial charge in [0.25, 0.3) is 0 Å². The van der Waals surface area contributed by atoms with E-state index >= 15 is 0 Å². The number of imidazole rings is 1. The SMILES string of the molecule is CC(C)(C)[C@H](c1nc(-c2ccccc2)cn1Cc1ccccc1)N1CCC(c2ccccc2)C1. The van der Waals surface area contributed by atoms with Crippen LogP contribution in [0.1, 0.15) is 56.1 Å². The number of hydrogen-bond acceptors (Lipinski definition) is 2. The van der Waals surface area contributed by atoms with Gasteiger partial charge in [-0.1, -0.05) is 112 Å². The van der Waals surface area contributed by atoms with E-state index in [9.17, 15) is 0 Å². The van der Waals surface area contributed by atoms with Gasteiger partial charge in [-0.15, -0.1) is 0 Å². The Morgan fingerprint density at radius 1 is 0.853 bits per heavy atom. The van der Waals surface area contributed by atoms with Crippen LogP contribution in [0.5, 0.6) is 0 Å². The molecule has 2 atom stereocenters. The zero-order valence-electron chi connectivity index (χ0n) is 20.6. The number of aromatic nitrogens is 2. The van der Waals surface area contributed by atoms with E-state index in [4.69, 9.17) is 4.98 Å². The molecule has 174 valence electrons. The van der Waals surface area contributed by atoms with Crippen molar-refractivity contribution in [1.82, 2.24) is 14.5 Å². The van der Waals surface area contributed by atoms with Gasteiger partial charge in [-0.05, 0) is 35.4 Å². The van der Waals surface area contributed by atoms with E-state index < -0.39 is 0 Å². The second-order valence-electron chi connectivity index (χ2n) is 10.6. The molecule has 2 heterocycles. The molecule has 1 saturated heterocycles. The van der Waals surface area contributed by atoms with Gasteiger partial charge in [-0.25, -0.2) is 4.98 Å². The minimum absolute atomic E-state index is 0.0549. The maximum absolute atomic E-state index is 5.31. The molecule has 1 aliphatic rings. The number of rotatable bonds is 6. The van der Waals surface area contributed by atoms with Gasteiger partial charge >= 0.3 is 0 Å². The first-order valence-electron chi connectivity index (χ1n) is 12.4. The van der Waals surface area contributed by atoms with Gasteiger partial charge < -0.3 is 4.57 Å². The van der Waals surface area contributed by atoms with E-state index in [1.54, 1.807) is 0 Å². The molecule has 0 bridgehead atoms. The highest BCUT2D eigenvalue weighted by molar-refractivity contribution is 5.58. The van der Waals surface area contributed by atoms with Crippen LogP contribution in [0.15, 0.2) is 97.2 Å². The zero-order valence-corrected chi connectivity index (χ0v) is 20.6. The third-order valence-electron chi connectivity index (χ3n) is 6.99. The van der Waals surface area contributed by atoms with Gasteiger partial charge in [0.2, 0.25) is 0 Å². The fourth-order valence-corrected chi connectivity index (χ4v) is 5.42. The Kier molecular flexibility index (Phi) is 6.38. The summed E-state index contributed by atoms with van der Waals surface area (Å²) < 4.78 is 2.39. The molecule has 5 rings (SSSR count). The molecule has 3 nitrogen and oxygen atoms in total. The average Bonchev–Trinajstić information content (AvgIpc) is 3.49. The summed E-state index contributed by atoms with van der Waals surface area (Å²) in [5, 5.41) is 0. The summed E-state index contributed by atoms with van der Waals surface area (Å²) in [5.41, 5.74) is 5.04. The molecule has 1 unspecified atom stereocenters. The van der Waals surface area contributed by atoms with Crippen molar-refractivity contribution in [3.8, 4) is 11.3 Å². The molecule has 1 aromatic heterocycles. The van der Waals surface area contributed by atoms with E-state index in [-0.39, 0.29) is 11.5 Å². The predicted octanol–water partition coefficient (Wildman–Crippen LogP) is 7.18. The van der Waals surface area contributed by atoms with Gasteiger partial charge in [0.1, 0.15) is 5.82 Å². The fraction of sp³-hybridized carbons (Fsp3) is 0.323. The van der Waals surface area contributed by atoms with Crippen LogP contribution in [-0.4, -0.2) is 27.5 Å². The molecule has 3 aromatic carbocycles. The van der Waals surface area contributed by atoms with Gasteiger partial charge in [0.15, 0.2) is 0 Å². The normalized spacial score (nSPS) is 17.7. The maximum Gasteiger partial charge on any atom is 0.127 e. The van der Waals surface area contributed by atoms with E-state index in [1.165, 1.54) is 28.9 Å². The smallest absolute Gasteiger partial charge is 0.127 e. The van der Waals surface area contributed by atoms with Crippen molar-refractivity contribution in [2.45, 2.75) is 45.7 Å². The lowest BCUT2D eigenvalue weighted by atomic mass is 9.85. The third-order valence-corrected chi connectivity index (χ3v) is 6.99. The Bertz CT molecular complexity index is 1190. The maximum atomic E-state index is 5.31. The second kappa shape index (κ2) is 9.60. The highest BCUT2D eigenvalue weighted by Crippen LogP contribution is 2.42. The summed E-state index contributed by atoms with van der Waals surface area (Å²) in [6.45, 7) is 10.1. The van der Waals surface area contributed by atoms with Crippen LogP contribution >= 0.6 is 0 Å². The Hall–Kier alpha value is -3.17. The lowest BCUT2D eigenvalue weighted by molar-refractivity contribution is 0.112. The molecule has 0 radical (unpaired) electrons. The van der Waals surface area contributed by atoms with Crippen molar-refractivity contribution in [3.63, 3.8) is 0 Å². The zero-order chi connectivity index (χ0) is 23.5. The molecule has 0 amide bonds. The molecule has 4 aromatic rings. The summed E-state index contributed by atoms with van der Waals surface area (Å²) in [4.78, 5) is 7.98. The number of hydrogen-bond donors (Lipinski definition) is 0. The van der Waals surface area contributed by atoms with Gasteiger partial charge in [-0.2, -0.15) is 0 Å². The minimum Gasteiger partial charge on any atom is -0.329 e. The summed E-state index contributed by atoms with van der Waals surface area (Å²) >= 11 is 0. The van der Waals surface area contributed by atoms with Crippen molar-refractivity contribution >= 4 is 0 Å². The standard InChI is InChI=1S/C31H35N3/c1-31(2,3)29(33-20-19-27(22-33)25-15-9-5-10-16-25)30-32-28(26-17-11-6-12-18-26)23-34(30)21-24-13-7-4-8-14-24/h4-18,23,27,29H,19-22H2,1-3H3/t27?,29-/m0/s1. The Morgan fingerprint density at radius 2 is 1.47 bits per heavy atom. The van der Waals surface area contributed by atoms with Crippen molar-refractivity contribution < 1.29 is 0 Å². The summed E-state index contributed by atoms with van der Waals surface area (Å²) in [6, 6.07) is 32.6. The molecular formula is C31H35N3. The topological polar surface area (TPSA) is 21.1 Å².